The highest BCUT2D eigenvalue weighted by Crippen LogP contribution is 2.28. The number of nitrogens with two attached hydrogens (primary N) is 1. The Balaban J connectivity index is 3.09. The molecule has 0 radical (unpaired) electrons. The van der Waals surface area contributed by atoms with E-state index in [-0.39, 0.29) is 0 Å². The van der Waals surface area contributed by atoms with Crippen LogP contribution in [-0.4, -0.2) is 29.7 Å². The Bertz CT molecular complexity index is 566. The van der Waals surface area contributed by atoms with Crippen molar-refractivity contribution in [1.82, 2.24) is 4.90 Å². The number of aliphatic imine (C=N–C) groups is 1. The zero-order chi connectivity index (χ0) is 18.8. The summed E-state index contributed by atoms with van der Waals surface area (Å²) in [4.78, 5) is 6.88. The van der Waals surface area contributed by atoms with E-state index < -0.39 is 0 Å². The lowest BCUT2D eigenvalue weighted by molar-refractivity contribution is 0.207. The summed E-state index contributed by atoms with van der Waals surface area (Å²) in [5, 5.41) is 0. The third kappa shape index (κ3) is 6.87. The molecule has 25 heavy (non-hydrogen) atoms. The standard InChI is InChI=1S/C22H35N3/c1-7-19(11-10-17(4)5)16-25(18(6)22(8-2)24-9-3)21-14-12-20(23)13-15-21/h7-11,20-21H,1,6,12-16,23H2,2-5H3/b19-11+,22-8-,24-9?. The van der Waals surface area contributed by atoms with E-state index in [1.165, 1.54) is 11.1 Å². The van der Waals surface area contributed by atoms with Gasteiger partial charge in [0.15, 0.2) is 0 Å². The molecule has 0 atom stereocenters. The smallest absolute Gasteiger partial charge is 0.0810 e. The van der Waals surface area contributed by atoms with Crippen LogP contribution in [0.2, 0.25) is 0 Å². The molecule has 0 saturated heterocycles. The van der Waals surface area contributed by atoms with E-state index in [2.05, 4.69) is 49.0 Å². The number of allylic oxidation sites excluding steroid dienone is 4. The molecule has 2 N–H and O–H groups in total. The lowest BCUT2D eigenvalue weighted by atomic mass is 9.90. The van der Waals surface area contributed by atoms with Crippen LogP contribution in [0.15, 0.2) is 65.0 Å². The Kier molecular flexibility index (Phi) is 9.22. The molecule has 1 saturated carbocycles. The normalized spacial score (nSPS) is 22.0. The van der Waals surface area contributed by atoms with E-state index in [1.54, 1.807) is 0 Å². The van der Waals surface area contributed by atoms with Crippen molar-refractivity contribution < 1.29 is 0 Å². The van der Waals surface area contributed by atoms with Gasteiger partial charge in [-0.05, 0) is 59.0 Å². The largest absolute Gasteiger partial charge is 0.363 e. The molecule has 0 aromatic heterocycles. The van der Waals surface area contributed by atoms with Crippen LogP contribution in [0.5, 0.6) is 0 Å². The first-order chi connectivity index (χ1) is 11.9. The van der Waals surface area contributed by atoms with Gasteiger partial charge in [0.05, 0.1) is 11.4 Å². The number of hydrogen-bond donors (Lipinski definition) is 1. The Labute approximate surface area is 154 Å². The molecule has 1 aliphatic rings. The van der Waals surface area contributed by atoms with Crippen LogP contribution in [0.25, 0.3) is 0 Å². The van der Waals surface area contributed by atoms with Crippen molar-refractivity contribution in [2.45, 2.75) is 65.5 Å². The molecule has 3 heteroatoms. The van der Waals surface area contributed by atoms with Crippen LogP contribution in [0, 0.1) is 0 Å². The summed E-state index contributed by atoms with van der Waals surface area (Å²) >= 11 is 0. The Morgan fingerprint density at radius 2 is 1.80 bits per heavy atom. The molecule has 3 nitrogen and oxygen atoms in total. The molecule has 1 aliphatic carbocycles. The van der Waals surface area contributed by atoms with Gasteiger partial charge in [-0.1, -0.05) is 43.0 Å². The van der Waals surface area contributed by atoms with Crippen LogP contribution in [0.4, 0.5) is 0 Å². The molecular formula is C22H35N3. The van der Waals surface area contributed by atoms with Gasteiger partial charge < -0.3 is 10.6 Å². The van der Waals surface area contributed by atoms with E-state index in [4.69, 9.17) is 5.73 Å². The second-order valence-corrected chi connectivity index (χ2v) is 6.89. The zero-order valence-corrected chi connectivity index (χ0v) is 16.5. The van der Waals surface area contributed by atoms with Crippen molar-refractivity contribution in [2.75, 3.05) is 6.54 Å². The van der Waals surface area contributed by atoms with Crippen molar-refractivity contribution in [3.05, 3.63) is 60.0 Å². The zero-order valence-electron chi connectivity index (χ0n) is 16.5. The molecule has 0 bridgehead atoms. The van der Waals surface area contributed by atoms with Gasteiger partial charge in [0, 0.05) is 24.8 Å². The van der Waals surface area contributed by atoms with Gasteiger partial charge in [-0.2, -0.15) is 0 Å². The minimum absolute atomic E-state index is 0.335. The lowest BCUT2D eigenvalue weighted by Crippen LogP contribution is -2.41. The average molecular weight is 342 g/mol. The van der Waals surface area contributed by atoms with Gasteiger partial charge in [0.2, 0.25) is 0 Å². The second kappa shape index (κ2) is 10.9. The average Bonchev–Trinajstić information content (AvgIpc) is 2.60. The van der Waals surface area contributed by atoms with Crippen molar-refractivity contribution >= 4 is 6.21 Å². The summed E-state index contributed by atoms with van der Waals surface area (Å²) in [5.74, 6) is 0. The van der Waals surface area contributed by atoms with Gasteiger partial charge >= 0.3 is 0 Å². The predicted molar refractivity (Wildman–Crippen MR) is 112 cm³/mol. The van der Waals surface area contributed by atoms with E-state index in [9.17, 15) is 0 Å². The molecular weight excluding hydrogens is 306 g/mol. The molecule has 1 rings (SSSR count). The van der Waals surface area contributed by atoms with Crippen molar-refractivity contribution in [3.8, 4) is 0 Å². The summed E-state index contributed by atoms with van der Waals surface area (Å²) in [7, 11) is 0. The summed E-state index contributed by atoms with van der Waals surface area (Å²) in [6.45, 7) is 17.3. The third-order valence-electron chi connectivity index (χ3n) is 4.61. The Morgan fingerprint density at radius 1 is 1.16 bits per heavy atom. The highest BCUT2D eigenvalue weighted by molar-refractivity contribution is 5.57. The third-order valence-corrected chi connectivity index (χ3v) is 4.61. The van der Waals surface area contributed by atoms with Crippen LogP contribution in [-0.2, 0) is 0 Å². The predicted octanol–water partition coefficient (Wildman–Crippen LogP) is 5.15. The van der Waals surface area contributed by atoms with Crippen LogP contribution < -0.4 is 5.73 Å². The first kappa shape index (κ1) is 21.2. The van der Waals surface area contributed by atoms with Crippen molar-refractivity contribution in [2.24, 2.45) is 10.7 Å². The highest BCUT2D eigenvalue weighted by Gasteiger charge is 2.26. The molecule has 0 spiro atoms. The molecule has 0 amide bonds. The molecule has 0 unspecified atom stereocenters. The summed E-state index contributed by atoms with van der Waals surface area (Å²) < 4.78 is 0. The molecule has 0 aromatic rings. The van der Waals surface area contributed by atoms with Gasteiger partial charge in [-0.3, -0.25) is 4.99 Å². The first-order valence-electron chi connectivity index (χ1n) is 9.25. The fourth-order valence-corrected chi connectivity index (χ4v) is 3.12. The minimum Gasteiger partial charge on any atom is -0.363 e. The van der Waals surface area contributed by atoms with E-state index in [0.717, 1.165) is 43.6 Å². The van der Waals surface area contributed by atoms with Crippen molar-refractivity contribution in [3.63, 3.8) is 0 Å². The van der Waals surface area contributed by atoms with Crippen molar-refractivity contribution in [1.29, 1.82) is 0 Å². The van der Waals surface area contributed by atoms with E-state index >= 15 is 0 Å². The number of nitrogens with zero attached hydrogens (tertiary/aromatic N) is 2. The van der Waals surface area contributed by atoms with E-state index in [1.807, 2.05) is 32.2 Å². The monoisotopic (exact) mass is 341 g/mol. The van der Waals surface area contributed by atoms with Crippen LogP contribution >= 0.6 is 0 Å². The molecule has 138 valence electrons. The highest BCUT2D eigenvalue weighted by atomic mass is 15.2. The molecule has 1 fully saturated rings. The maximum absolute atomic E-state index is 6.10. The first-order valence-corrected chi connectivity index (χ1v) is 9.25. The summed E-state index contributed by atoms with van der Waals surface area (Å²) in [6.07, 6.45) is 14.4. The molecule has 0 heterocycles. The topological polar surface area (TPSA) is 41.6 Å². The molecule has 0 aliphatic heterocycles. The van der Waals surface area contributed by atoms with E-state index in [0.29, 0.717) is 12.1 Å². The molecule has 0 aromatic carbocycles. The summed E-state index contributed by atoms with van der Waals surface area (Å²) in [6, 6.07) is 0.783. The fourth-order valence-electron chi connectivity index (χ4n) is 3.12. The quantitative estimate of drug-likeness (QED) is 0.490. The minimum atomic E-state index is 0.335. The van der Waals surface area contributed by atoms with Crippen LogP contribution in [0.1, 0.15) is 53.4 Å². The Morgan fingerprint density at radius 3 is 2.28 bits per heavy atom. The van der Waals surface area contributed by atoms with Gasteiger partial charge in [0.1, 0.15) is 0 Å². The SMILES string of the molecule is C=C/C(=C\C=C(C)C)CN(C(=C)/C(=C/C)N=CC)C1CCC(N)CC1. The fraction of sp³-hybridized carbons (Fsp3) is 0.500. The number of rotatable bonds is 8. The van der Waals surface area contributed by atoms with Crippen LogP contribution in [0.3, 0.4) is 0 Å². The maximum Gasteiger partial charge on any atom is 0.0810 e. The van der Waals surface area contributed by atoms with Gasteiger partial charge in [-0.25, -0.2) is 0 Å². The van der Waals surface area contributed by atoms with Gasteiger partial charge in [0.25, 0.3) is 0 Å². The lowest BCUT2D eigenvalue weighted by Gasteiger charge is -2.39. The maximum atomic E-state index is 6.10. The summed E-state index contributed by atoms with van der Waals surface area (Å²) in [5.41, 5.74) is 10.5. The second-order valence-electron chi connectivity index (χ2n) is 6.89. The number of hydrogen-bond acceptors (Lipinski definition) is 3. The van der Waals surface area contributed by atoms with Gasteiger partial charge in [-0.15, -0.1) is 0 Å². The Hall–Kier alpha value is -1.87.